The molecule has 0 atom stereocenters. The summed E-state index contributed by atoms with van der Waals surface area (Å²) in [6.07, 6.45) is 4.97. The lowest BCUT2D eigenvalue weighted by Crippen LogP contribution is -2.61. The van der Waals surface area contributed by atoms with Crippen LogP contribution in [0.1, 0.15) is 49.9 Å². The summed E-state index contributed by atoms with van der Waals surface area (Å²) in [5.41, 5.74) is 0.511. The monoisotopic (exact) mass is 421 g/mol. The van der Waals surface area contributed by atoms with Crippen LogP contribution in [-0.2, 0) is 0 Å². The average molecular weight is 422 g/mol. The first-order valence-electron chi connectivity index (χ1n) is 10.9. The minimum absolute atomic E-state index is 0.0181. The first-order valence-corrected chi connectivity index (χ1v) is 11.3. The molecule has 1 aromatic rings. The molecule has 2 aliphatic heterocycles. The molecule has 0 unspecified atom stereocenters. The Morgan fingerprint density at radius 3 is 2.55 bits per heavy atom. The van der Waals surface area contributed by atoms with Crippen LogP contribution in [0.4, 0.5) is 5.82 Å². The molecule has 0 radical (unpaired) electrons. The minimum Gasteiger partial charge on any atom is -0.357 e. The van der Waals surface area contributed by atoms with Crippen LogP contribution < -0.4 is 10.2 Å². The number of hydrogen-bond acceptors (Lipinski definition) is 5. The lowest BCUT2D eigenvalue weighted by Gasteiger charge is -2.40. The third-order valence-corrected chi connectivity index (χ3v) is 6.25. The van der Waals surface area contributed by atoms with Gasteiger partial charge in [-0.1, -0.05) is 25.4 Å². The summed E-state index contributed by atoms with van der Waals surface area (Å²) in [4.78, 5) is 23.7. The van der Waals surface area contributed by atoms with Crippen molar-refractivity contribution in [3.63, 3.8) is 0 Å². The highest BCUT2D eigenvalue weighted by Crippen LogP contribution is 2.28. The number of anilines is 1. The van der Waals surface area contributed by atoms with Gasteiger partial charge in [-0.2, -0.15) is 0 Å². The molecule has 2 aliphatic rings. The van der Waals surface area contributed by atoms with E-state index >= 15 is 0 Å². The van der Waals surface area contributed by atoms with Crippen molar-refractivity contribution in [2.45, 2.75) is 51.6 Å². The maximum atomic E-state index is 12.7. The van der Waals surface area contributed by atoms with Crippen LogP contribution in [-0.4, -0.2) is 79.6 Å². The SMILES string of the molecule is CC(C)NC1CN(C(=O)c2ccc(N3CCC(CCCN(C)C)CC3)nc2Cl)C1. The third-order valence-electron chi connectivity index (χ3n) is 5.96. The smallest absolute Gasteiger partial charge is 0.257 e. The van der Waals surface area contributed by atoms with Gasteiger partial charge in [0.1, 0.15) is 11.0 Å². The quantitative estimate of drug-likeness (QED) is 0.653. The first-order chi connectivity index (χ1) is 13.8. The fourth-order valence-electron chi connectivity index (χ4n) is 4.30. The number of hydrogen-bond donors (Lipinski definition) is 1. The second kappa shape index (κ2) is 10.1. The Morgan fingerprint density at radius 1 is 1.28 bits per heavy atom. The van der Waals surface area contributed by atoms with Crippen molar-refractivity contribution in [1.29, 1.82) is 0 Å². The van der Waals surface area contributed by atoms with E-state index in [4.69, 9.17) is 11.6 Å². The second-order valence-electron chi connectivity index (χ2n) is 9.11. The molecule has 0 saturated carbocycles. The molecule has 162 valence electrons. The minimum atomic E-state index is -0.0181. The highest BCUT2D eigenvalue weighted by Gasteiger charge is 2.32. The van der Waals surface area contributed by atoms with E-state index in [0.29, 0.717) is 22.8 Å². The molecule has 0 bridgehead atoms. The number of nitrogens with one attached hydrogen (secondary N) is 1. The lowest BCUT2D eigenvalue weighted by atomic mass is 9.92. The molecule has 2 fully saturated rings. The van der Waals surface area contributed by atoms with Gasteiger partial charge in [-0.3, -0.25) is 4.79 Å². The molecule has 0 spiro atoms. The number of likely N-dealkylation sites (tertiary alicyclic amines) is 1. The largest absolute Gasteiger partial charge is 0.357 e. The van der Waals surface area contributed by atoms with Crippen LogP contribution >= 0.6 is 11.6 Å². The first kappa shape index (κ1) is 22.3. The van der Waals surface area contributed by atoms with Crippen LogP contribution in [0.3, 0.4) is 0 Å². The zero-order valence-electron chi connectivity index (χ0n) is 18.3. The fourth-order valence-corrected chi connectivity index (χ4v) is 4.53. The second-order valence-corrected chi connectivity index (χ2v) is 9.47. The van der Waals surface area contributed by atoms with Gasteiger partial charge in [0.25, 0.3) is 5.91 Å². The number of rotatable bonds is 8. The molecule has 0 aliphatic carbocycles. The molecular weight excluding hydrogens is 386 g/mol. The highest BCUT2D eigenvalue weighted by atomic mass is 35.5. The van der Waals surface area contributed by atoms with Gasteiger partial charge in [-0.15, -0.1) is 0 Å². The van der Waals surface area contributed by atoms with Crippen molar-refractivity contribution >= 4 is 23.3 Å². The Bertz CT molecular complexity index is 682. The summed E-state index contributed by atoms with van der Waals surface area (Å²) in [5.74, 6) is 1.68. The van der Waals surface area contributed by atoms with Crippen LogP contribution in [0.25, 0.3) is 0 Å². The molecular formula is C22H36ClN5O. The number of amides is 1. The van der Waals surface area contributed by atoms with E-state index < -0.39 is 0 Å². The molecule has 2 saturated heterocycles. The van der Waals surface area contributed by atoms with Crippen LogP contribution in [0.5, 0.6) is 0 Å². The van der Waals surface area contributed by atoms with Crippen LogP contribution in [0.2, 0.25) is 5.15 Å². The summed E-state index contributed by atoms with van der Waals surface area (Å²) < 4.78 is 0. The van der Waals surface area contributed by atoms with Gasteiger partial charge in [0.15, 0.2) is 0 Å². The molecule has 3 rings (SSSR count). The predicted octanol–water partition coefficient (Wildman–Crippen LogP) is 3.12. The molecule has 1 aromatic heterocycles. The Kier molecular flexibility index (Phi) is 7.77. The van der Waals surface area contributed by atoms with Gasteiger partial charge in [-0.25, -0.2) is 4.98 Å². The summed E-state index contributed by atoms with van der Waals surface area (Å²) in [5, 5.41) is 3.77. The Hall–Kier alpha value is -1.37. The van der Waals surface area contributed by atoms with E-state index in [2.05, 4.69) is 48.0 Å². The van der Waals surface area contributed by atoms with Gasteiger partial charge in [0, 0.05) is 38.3 Å². The topological polar surface area (TPSA) is 51.7 Å². The van der Waals surface area contributed by atoms with Crippen molar-refractivity contribution in [2.75, 3.05) is 51.7 Å². The number of nitrogens with zero attached hydrogens (tertiary/aromatic N) is 4. The van der Waals surface area contributed by atoms with Crippen molar-refractivity contribution in [2.24, 2.45) is 5.92 Å². The molecule has 7 heteroatoms. The maximum Gasteiger partial charge on any atom is 0.257 e. The number of aromatic nitrogens is 1. The number of carbonyl (C=O) groups excluding carboxylic acids is 1. The van der Waals surface area contributed by atoms with E-state index in [-0.39, 0.29) is 5.91 Å². The summed E-state index contributed by atoms with van der Waals surface area (Å²) in [6, 6.07) is 4.61. The van der Waals surface area contributed by atoms with Crippen molar-refractivity contribution in [3.8, 4) is 0 Å². The van der Waals surface area contributed by atoms with Gasteiger partial charge in [0.05, 0.1) is 5.56 Å². The zero-order chi connectivity index (χ0) is 21.0. The standard InChI is InChI=1S/C22H36ClN5O/c1-16(2)24-18-14-28(15-18)22(29)19-7-8-20(25-21(19)23)27-12-9-17(10-13-27)6-5-11-26(3)4/h7-8,16-18,24H,5-6,9-15H2,1-4H3. The van der Waals surface area contributed by atoms with E-state index in [1.807, 2.05) is 17.0 Å². The van der Waals surface area contributed by atoms with Crippen LogP contribution in [0.15, 0.2) is 12.1 Å². The highest BCUT2D eigenvalue weighted by molar-refractivity contribution is 6.32. The summed E-state index contributed by atoms with van der Waals surface area (Å²) >= 11 is 6.41. The zero-order valence-corrected chi connectivity index (χ0v) is 19.1. The van der Waals surface area contributed by atoms with Gasteiger partial charge < -0.3 is 20.0 Å². The number of carbonyl (C=O) groups is 1. The summed E-state index contributed by atoms with van der Waals surface area (Å²) in [7, 11) is 4.27. The predicted molar refractivity (Wildman–Crippen MR) is 120 cm³/mol. The maximum absolute atomic E-state index is 12.7. The number of pyridine rings is 1. The molecule has 6 nitrogen and oxygen atoms in total. The van der Waals surface area contributed by atoms with E-state index in [1.165, 1.54) is 25.7 Å². The van der Waals surface area contributed by atoms with Gasteiger partial charge in [-0.05, 0) is 64.4 Å². The average Bonchev–Trinajstić information content (AvgIpc) is 2.64. The third kappa shape index (κ3) is 6.06. The molecule has 29 heavy (non-hydrogen) atoms. The lowest BCUT2D eigenvalue weighted by molar-refractivity contribution is 0.0557. The Labute approximate surface area is 180 Å². The van der Waals surface area contributed by atoms with Crippen molar-refractivity contribution in [3.05, 3.63) is 22.8 Å². The number of halogens is 1. The van der Waals surface area contributed by atoms with Gasteiger partial charge in [0.2, 0.25) is 0 Å². The molecule has 1 amide bonds. The van der Waals surface area contributed by atoms with Crippen LogP contribution in [0, 0.1) is 5.92 Å². The normalized spacial score (nSPS) is 18.6. The molecule has 3 heterocycles. The number of piperidine rings is 1. The van der Waals surface area contributed by atoms with E-state index in [9.17, 15) is 4.79 Å². The van der Waals surface area contributed by atoms with Crippen molar-refractivity contribution in [1.82, 2.24) is 20.1 Å². The Balaban J connectivity index is 1.49. The summed E-state index contributed by atoms with van der Waals surface area (Å²) in [6.45, 7) is 8.90. The Morgan fingerprint density at radius 2 is 1.97 bits per heavy atom. The van der Waals surface area contributed by atoms with E-state index in [1.54, 1.807) is 0 Å². The van der Waals surface area contributed by atoms with E-state index in [0.717, 1.165) is 44.5 Å². The van der Waals surface area contributed by atoms with Crippen molar-refractivity contribution < 1.29 is 4.79 Å². The molecule has 0 aromatic carbocycles. The van der Waals surface area contributed by atoms with Gasteiger partial charge >= 0.3 is 0 Å². The molecule has 1 N–H and O–H groups in total. The fraction of sp³-hybridized carbons (Fsp3) is 0.727.